The molecule has 1 rings (SSSR count). The zero-order valence-corrected chi connectivity index (χ0v) is 11.4. The molecule has 3 heteroatoms. The Kier molecular flexibility index (Phi) is 6.47. The first kappa shape index (κ1) is 14.7. The van der Waals surface area contributed by atoms with Gasteiger partial charge in [0.05, 0.1) is 13.3 Å². The van der Waals surface area contributed by atoms with Crippen molar-refractivity contribution in [3.63, 3.8) is 0 Å². The smallest absolute Gasteiger partial charge is 0.118 e. The van der Waals surface area contributed by atoms with Crippen LogP contribution >= 0.6 is 0 Å². The minimum absolute atomic E-state index is 0.0166. The van der Waals surface area contributed by atoms with Crippen molar-refractivity contribution in [2.45, 2.75) is 32.4 Å². The predicted octanol–water partition coefficient (Wildman–Crippen LogP) is 2.63. The molecule has 1 aliphatic heterocycles. The Morgan fingerprint density at radius 1 is 1.61 bits per heavy atom. The van der Waals surface area contributed by atoms with Crippen molar-refractivity contribution in [1.29, 1.82) is 0 Å². The lowest BCUT2D eigenvalue weighted by Crippen LogP contribution is -2.42. The third-order valence-electron chi connectivity index (χ3n) is 3.07. The van der Waals surface area contributed by atoms with Gasteiger partial charge in [0.15, 0.2) is 0 Å². The molecule has 1 unspecified atom stereocenters. The van der Waals surface area contributed by atoms with E-state index in [0.717, 1.165) is 37.1 Å². The van der Waals surface area contributed by atoms with E-state index < -0.39 is 0 Å². The summed E-state index contributed by atoms with van der Waals surface area (Å²) in [5.41, 5.74) is 8.35. The van der Waals surface area contributed by atoms with Crippen molar-refractivity contribution in [3.05, 3.63) is 47.8 Å². The molecular formula is C15H24N2O. The van der Waals surface area contributed by atoms with Gasteiger partial charge in [0.1, 0.15) is 5.76 Å². The van der Waals surface area contributed by atoms with Gasteiger partial charge in [-0.25, -0.2) is 0 Å². The van der Waals surface area contributed by atoms with Gasteiger partial charge in [-0.3, -0.25) is 5.32 Å². The van der Waals surface area contributed by atoms with Crippen molar-refractivity contribution >= 4 is 0 Å². The van der Waals surface area contributed by atoms with Crippen LogP contribution in [-0.2, 0) is 4.74 Å². The lowest BCUT2D eigenvalue weighted by molar-refractivity contribution is 0.299. The molecule has 1 atom stereocenters. The monoisotopic (exact) mass is 248 g/mol. The van der Waals surface area contributed by atoms with Gasteiger partial charge in [-0.15, -0.1) is 0 Å². The van der Waals surface area contributed by atoms with E-state index in [-0.39, 0.29) is 6.17 Å². The highest BCUT2D eigenvalue weighted by molar-refractivity contribution is 5.27. The van der Waals surface area contributed by atoms with E-state index in [2.05, 4.69) is 24.0 Å². The van der Waals surface area contributed by atoms with Crippen molar-refractivity contribution < 1.29 is 4.74 Å². The highest BCUT2D eigenvalue weighted by Crippen LogP contribution is 2.15. The van der Waals surface area contributed by atoms with Crippen LogP contribution in [0.3, 0.4) is 0 Å². The number of allylic oxidation sites excluding steroid dienone is 5. The molecule has 0 spiro atoms. The van der Waals surface area contributed by atoms with Gasteiger partial charge in [-0.1, -0.05) is 24.8 Å². The van der Waals surface area contributed by atoms with Gasteiger partial charge in [-0.2, -0.15) is 0 Å². The third-order valence-corrected chi connectivity index (χ3v) is 3.07. The molecule has 1 saturated heterocycles. The number of ether oxygens (including phenoxy) is 1. The summed E-state index contributed by atoms with van der Waals surface area (Å²) in [5.74, 6) is 0.893. The second-order valence-corrected chi connectivity index (χ2v) is 4.41. The maximum absolute atomic E-state index is 5.98. The summed E-state index contributed by atoms with van der Waals surface area (Å²) in [6.45, 7) is 6.71. The maximum Gasteiger partial charge on any atom is 0.118 e. The molecule has 1 fully saturated rings. The van der Waals surface area contributed by atoms with Gasteiger partial charge in [0, 0.05) is 0 Å². The van der Waals surface area contributed by atoms with Crippen LogP contribution in [0.5, 0.6) is 0 Å². The van der Waals surface area contributed by atoms with Gasteiger partial charge in [0.25, 0.3) is 0 Å². The Balaban J connectivity index is 2.63. The van der Waals surface area contributed by atoms with E-state index in [9.17, 15) is 0 Å². The first-order chi connectivity index (χ1) is 8.69. The summed E-state index contributed by atoms with van der Waals surface area (Å²) in [6.07, 6.45) is 11.1. The molecule has 1 heterocycles. The van der Waals surface area contributed by atoms with E-state index >= 15 is 0 Å². The summed E-state index contributed by atoms with van der Waals surface area (Å²) >= 11 is 0. The summed E-state index contributed by atoms with van der Waals surface area (Å²) in [5, 5.41) is 3.26. The molecule has 0 aromatic carbocycles. The van der Waals surface area contributed by atoms with Crippen LogP contribution < -0.4 is 11.1 Å². The van der Waals surface area contributed by atoms with E-state index in [1.54, 1.807) is 13.2 Å². The van der Waals surface area contributed by atoms with E-state index in [4.69, 9.17) is 10.5 Å². The van der Waals surface area contributed by atoms with Crippen LogP contribution in [0.2, 0.25) is 0 Å². The van der Waals surface area contributed by atoms with Crippen molar-refractivity contribution in [1.82, 2.24) is 5.32 Å². The van der Waals surface area contributed by atoms with Gasteiger partial charge < -0.3 is 10.5 Å². The molecule has 3 N–H and O–H groups in total. The number of nitrogens with two attached hydrogens (primary N) is 1. The minimum Gasteiger partial charge on any atom is -0.497 e. The summed E-state index contributed by atoms with van der Waals surface area (Å²) in [7, 11) is 1.69. The molecule has 100 valence electrons. The molecule has 1 aliphatic rings. The van der Waals surface area contributed by atoms with Crippen LogP contribution in [0.15, 0.2) is 47.8 Å². The quantitative estimate of drug-likeness (QED) is 0.447. The van der Waals surface area contributed by atoms with Gasteiger partial charge in [-0.05, 0) is 50.0 Å². The van der Waals surface area contributed by atoms with Crippen LogP contribution in [0.25, 0.3) is 0 Å². The van der Waals surface area contributed by atoms with Crippen molar-refractivity contribution in [3.8, 4) is 0 Å². The van der Waals surface area contributed by atoms with Crippen molar-refractivity contribution in [2.24, 2.45) is 5.73 Å². The molecule has 0 bridgehead atoms. The largest absolute Gasteiger partial charge is 0.497 e. The molecule has 0 radical (unpaired) electrons. The van der Waals surface area contributed by atoms with E-state index in [1.165, 1.54) is 5.57 Å². The Bertz CT molecular complexity index is 367. The Morgan fingerprint density at radius 2 is 2.39 bits per heavy atom. The average molecular weight is 248 g/mol. The molecule has 0 aromatic heterocycles. The Hall–Kier alpha value is -1.32. The van der Waals surface area contributed by atoms with Crippen LogP contribution in [-0.4, -0.2) is 19.8 Å². The van der Waals surface area contributed by atoms with Crippen molar-refractivity contribution in [2.75, 3.05) is 13.7 Å². The zero-order chi connectivity index (χ0) is 13.4. The third kappa shape index (κ3) is 4.51. The number of nitrogens with one attached hydrogen (secondary N) is 1. The fraction of sp³-hybridized carbons (Fsp3) is 0.467. The molecule has 18 heavy (non-hydrogen) atoms. The number of hydrogen-bond acceptors (Lipinski definition) is 3. The highest BCUT2D eigenvalue weighted by Gasteiger charge is 2.12. The molecule has 0 amide bonds. The second-order valence-electron chi connectivity index (χ2n) is 4.41. The fourth-order valence-electron chi connectivity index (χ4n) is 2.05. The first-order valence-corrected chi connectivity index (χ1v) is 6.40. The topological polar surface area (TPSA) is 47.3 Å². The lowest BCUT2D eigenvalue weighted by atomic mass is 10.0. The molecule has 0 aliphatic carbocycles. The predicted molar refractivity (Wildman–Crippen MR) is 77.0 cm³/mol. The summed E-state index contributed by atoms with van der Waals surface area (Å²) in [6, 6.07) is 0. The van der Waals surface area contributed by atoms with Crippen LogP contribution in [0.1, 0.15) is 26.2 Å². The molecule has 0 aromatic rings. The van der Waals surface area contributed by atoms with Crippen LogP contribution in [0.4, 0.5) is 0 Å². The lowest BCUT2D eigenvalue weighted by Gasteiger charge is -2.23. The van der Waals surface area contributed by atoms with Crippen LogP contribution in [0, 0.1) is 0 Å². The first-order valence-electron chi connectivity index (χ1n) is 6.40. The Morgan fingerprint density at radius 3 is 3.00 bits per heavy atom. The standard InChI is InChI=1S/C15H24N2O/c1-4-7-12(2)14(18-3)10-5-8-13-9-6-11-17-15(13)16/h4,7-8,10,15,17H,1,5-6,9,11,16H2,2-3H3/b12-7-,13-8+,14-10+. The maximum atomic E-state index is 5.98. The SMILES string of the molecule is C=C/C=C(C)\C(=C/C/C=C1\CCCNC1N)OC. The van der Waals surface area contributed by atoms with E-state index in [1.807, 2.05) is 13.0 Å². The minimum atomic E-state index is 0.0166. The number of methoxy groups -OCH3 is 1. The van der Waals surface area contributed by atoms with Gasteiger partial charge >= 0.3 is 0 Å². The average Bonchev–Trinajstić information content (AvgIpc) is 2.37. The molecular weight excluding hydrogens is 224 g/mol. The summed E-state index contributed by atoms with van der Waals surface area (Å²) in [4.78, 5) is 0. The number of hydrogen-bond donors (Lipinski definition) is 2. The van der Waals surface area contributed by atoms with Gasteiger partial charge in [0.2, 0.25) is 0 Å². The number of piperidine rings is 1. The highest BCUT2D eigenvalue weighted by atomic mass is 16.5. The van der Waals surface area contributed by atoms with E-state index in [0.29, 0.717) is 0 Å². The molecule has 0 saturated carbocycles. The number of rotatable bonds is 5. The molecule has 3 nitrogen and oxygen atoms in total. The normalized spacial score (nSPS) is 24.2. The fourth-order valence-corrected chi connectivity index (χ4v) is 2.05. The Labute approximate surface area is 110 Å². The second kappa shape index (κ2) is 7.90. The zero-order valence-electron chi connectivity index (χ0n) is 11.4. The summed E-state index contributed by atoms with van der Waals surface area (Å²) < 4.78 is 5.35.